The minimum atomic E-state index is -0.117. The van der Waals surface area contributed by atoms with E-state index in [2.05, 4.69) is 31.5 Å². The number of amides is 1. The summed E-state index contributed by atoms with van der Waals surface area (Å²) in [4.78, 5) is 17.2. The Balaban J connectivity index is 2.03. The Hall–Kier alpha value is -1.40. The van der Waals surface area contributed by atoms with Crippen molar-refractivity contribution in [2.75, 3.05) is 11.9 Å². The zero-order valence-corrected chi connectivity index (χ0v) is 12.8. The van der Waals surface area contributed by atoms with Gasteiger partial charge in [-0.2, -0.15) is 0 Å². The normalized spacial score (nSPS) is 10.2. The van der Waals surface area contributed by atoms with E-state index in [1.165, 1.54) is 0 Å². The maximum atomic E-state index is 12.1. The topological polar surface area (TPSA) is 54.0 Å². The third kappa shape index (κ3) is 3.78. The molecule has 1 amide bonds. The number of halogens is 1. The van der Waals surface area contributed by atoms with Crippen LogP contribution in [0.15, 0.2) is 34.4 Å². The van der Waals surface area contributed by atoms with E-state index in [1.807, 2.05) is 18.4 Å². The number of anilines is 1. The lowest BCUT2D eigenvalue weighted by Crippen LogP contribution is -2.23. The predicted molar refractivity (Wildman–Crippen MR) is 81.6 cm³/mol. The highest BCUT2D eigenvalue weighted by Crippen LogP contribution is 2.20. The minimum absolute atomic E-state index is 0.117. The van der Waals surface area contributed by atoms with E-state index in [0.717, 1.165) is 21.6 Å². The van der Waals surface area contributed by atoms with E-state index in [4.69, 9.17) is 0 Å². The number of thiophene rings is 1. The highest BCUT2D eigenvalue weighted by atomic mass is 79.9. The van der Waals surface area contributed by atoms with Crippen molar-refractivity contribution in [2.24, 2.45) is 0 Å². The summed E-state index contributed by atoms with van der Waals surface area (Å²) < 4.78 is 1.04. The van der Waals surface area contributed by atoms with Crippen molar-refractivity contribution in [3.8, 4) is 0 Å². The molecule has 6 heteroatoms. The number of carbonyl (C=O) groups is 1. The summed E-state index contributed by atoms with van der Waals surface area (Å²) in [7, 11) is 0. The maximum Gasteiger partial charge on any atom is 0.255 e. The van der Waals surface area contributed by atoms with Crippen LogP contribution in [-0.4, -0.2) is 17.4 Å². The first-order valence-corrected chi connectivity index (χ1v) is 7.57. The first-order valence-electron chi connectivity index (χ1n) is 5.89. The molecule has 0 aliphatic carbocycles. The van der Waals surface area contributed by atoms with Gasteiger partial charge in [-0.05, 0) is 35.0 Å². The number of rotatable bonds is 5. The van der Waals surface area contributed by atoms with Crippen molar-refractivity contribution in [1.82, 2.24) is 10.3 Å². The molecule has 0 aliphatic rings. The first-order chi connectivity index (χ1) is 9.20. The molecule has 2 aromatic rings. The molecule has 0 radical (unpaired) electrons. The van der Waals surface area contributed by atoms with Gasteiger partial charge in [-0.15, -0.1) is 11.3 Å². The van der Waals surface area contributed by atoms with Gasteiger partial charge >= 0.3 is 0 Å². The molecule has 2 N–H and O–H groups in total. The molecule has 0 aliphatic heterocycles. The Kier molecular flexibility index (Phi) is 4.93. The minimum Gasteiger partial charge on any atom is -0.385 e. The van der Waals surface area contributed by atoms with E-state index in [-0.39, 0.29) is 5.91 Å². The van der Waals surface area contributed by atoms with E-state index in [1.54, 1.807) is 29.8 Å². The number of aromatic nitrogens is 1. The van der Waals surface area contributed by atoms with Crippen molar-refractivity contribution in [1.29, 1.82) is 0 Å². The van der Waals surface area contributed by atoms with Gasteiger partial charge in [-0.1, -0.05) is 0 Å². The molecular formula is C13H14BrN3OS. The van der Waals surface area contributed by atoms with E-state index in [0.29, 0.717) is 12.1 Å². The van der Waals surface area contributed by atoms with Gasteiger partial charge in [0.05, 0.1) is 17.8 Å². The molecule has 0 fully saturated rings. The summed E-state index contributed by atoms with van der Waals surface area (Å²) in [6.45, 7) is 3.28. The van der Waals surface area contributed by atoms with Crippen LogP contribution in [-0.2, 0) is 6.54 Å². The summed E-state index contributed by atoms with van der Waals surface area (Å²) in [5, 5.41) is 8.05. The molecule has 0 aromatic carbocycles. The molecule has 4 nitrogen and oxygen atoms in total. The van der Waals surface area contributed by atoms with Gasteiger partial charge in [0, 0.05) is 33.7 Å². The first kappa shape index (κ1) is 14.0. The number of pyridine rings is 1. The summed E-state index contributed by atoms with van der Waals surface area (Å²) in [6, 6.07) is 3.81. The van der Waals surface area contributed by atoms with Crippen LogP contribution in [0.4, 0.5) is 5.69 Å². The molecule has 100 valence electrons. The third-order valence-electron chi connectivity index (χ3n) is 2.48. The fraction of sp³-hybridized carbons (Fsp3) is 0.231. The number of nitrogens with one attached hydrogen (secondary N) is 2. The monoisotopic (exact) mass is 339 g/mol. The van der Waals surface area contributed by atoms with E-state index >= 15 is 0 Å². The number of hydrogen-bond acceptors (Lipinski definition) is 4. The van der Waals surface area contributed by atoms with Crippen molar-refractivity contribution >= 4 is 38.9 Å². The zero-order valence-electron chi connectivity index (χ0n) is 10.4. The summed E-state index contributed by atoms with van der Waals surface area (Å²) in [5.41, 5.74) is 1.38. The lowest BCUT2D eigenvalue weighted by Gasteiger charge is -2.09. The molecule has 2 aromatic heterocycles. The van der Waals surface area contributed by atoms with Gasteiger partial charge in [0.1, 0.15) is 0 Å². The Morgan fingerprint density at radius 3 is 3.05 bits per heavy atom. The Morgan fingerprint density at radius 2 is 2.37 bits per heavy atom. The zero-order chi connectivity index (χ0) is 13.7. The van der Waals surface area contributed by atoms with Crippen molar-refractivity contribution in [3.05, 3.63) is 44.8 Å². The van der Waals surface area contributed by atoms with Gasteiger partial charge in [0.2, 0.25) is 0 Å². The summed E-state index contributed by atoms with van der Waals surface area (Å²) >= 11 is 5.00. The van der Waals surface area contributed by atoms with Crippen LogP contribution in [0, 0.1) is 0 Å². The average molecular weight is 340 g/mol. The van der Waals surface area contributed by atoms with Gasteiger partial charge < -0.3 is 10.6 Å². The molecule has 0 atom stereocenters. The second-order valence-electron chi connectivity index (χ2n) is 3.87. The van der Waals surface area contributed by atoms with Crippen LogP contribution < -0.4 is 10.6 Å². The van der Waals surface area contributed by atoms with Crippen molar-refractivity contribution in [2.45, 2.75) is 13.5 Å². The molecule has 2 rings (SSSR count). The quantitative estimate of drug-likeness (QED) is 0.878. The molecule has 0 saturated carbocycles. The largest absolute Gasteiger partial charge is 0.385 e. The molecule has 0 spiro atoms. The van der Waals surface area contributed by atoms with Crippen LogP contribution in [0.5, 0.6) is 0 Å². The lowest BCUT2D eigenvalue weighted by atomic mass is 10.2. The van der Waals surface area contributed by atoms with Crippen molar-refractivity contribution in [3.63, 3.8) is 0 Å². The Bertz CT molecular complexity index is 571. The molecule has 0 unspecified atom stereocenters. The van der Waals surface area contributed by atoms with Gasteiger partial charge in [0.15, 0.2) is 0 Å². The van der Waals surface area contributed by atoms with Crippen molar-refractivity contribution < 1.29 is 4.79 Å². The smallest absolute Gasteiger partial charge is 0.255 e. The second-order valence-corrected chi connectivity index (χ2v) is 5.78. The lowest BCUT2D eigenvalue weighted by molar-refractivity contribution is 0.0951. The number of hydrogen-bond donors (Lipinski definition) is 2. The van der Waals surface area contributed by atoms with E-state index < -0.39 is 0 Å². The molecule has 2 heterocycles. The number of nitrogens with zero attached hydrogens (tertiary/aromatic N) is 1. The fourth-order valence-electron chi connectivity index (χ4n) is 1.63. The summed E-state index contributed by atoms with van der Waals surface area (Å²) in [6.07, 6.45) is 3.25. The van der Waals surface area contributed by atoms with Crippen LogP contribution in [0.2, 0.25) is 0 Å². The Labute approximate surface area is 124 Å². The molecule has 0 bridgehead atoms. The van der Waals surface area contributed by atoms with Crippen LogP contribution in [0.25, 0.3) is 0 Å². The predicted octanol–water partition coefficient (Wildman–Crippen LogP) is 3.27. The molecule has 19 heavy (non-hydrogen) atoms. The third-order valence-corrected chi connectivity index (χ3v) is 4.18. The highest BCUT2D eigenvalue weighted by molar-refractivity contribution is 9.10. The highest BCUT2D eigenvalue weighted by Gasteiger charge is 2.11. The Morgan fingerprint density at radius 1 is 1.53 bits per heavy atom. The maximum absolute atomic E-state index is 12.1. The molecular weight excluding hydrogens is 326 g/mol. The SMILES string of the molecule is CCNc1ccncc1C(=O)NCc1cc(Br)cs1. The average Bonchev–Trinajstić information content (AvgIpc) is 2.83. The van der Waals surface area contributed by atoms with Gasteiger partial charge in [-0.25, -0.2) is 0 Å². The van der Waals surface area contributed by atoms with Crippen LogP contribution in [0.3, 0.4) is 0 Å². The van der Waals surface area contributed by atoms with Gasteiger partial charge in [-0.3, -0.25) is 9.78 Å². The fourth-order valence-corrected chi connectivity index (χ4v) is 3.02. The molecule has 0 saturated heterocycles. The summed E-state index contributed by atoms with van der Waals surface area (Å²) in [5.74, 6) is -0.117. The second kappa shape index (κ2) is 6.68. The van der Waals surface area contributed by atoms with Crippen LogP contribution in [0.1, 0.15) is 22.2 Å². The number of carbonyl (C=O) groups excluding carboxylic acids is 1. The van der Waals surface area contributed by atoms with E-state index in [9.17, 15) is 4.79 Å². The van der Waals surface area contributed by atoms with Gasteiger partial charge in [0.25, 0.3) is 5.91 Å². The van der Waals surface area contributed by atoms with Crippen LogP contribution >= 0.6 is 27.3 Å². The standard InChI is InChI=1S/C13H14BrN3OS/c1-2-16-12-3-4-15-7-11(12)13(18)17-6-10-5-9(14)8-19-10/h3-5,7-8H,2,6H2,1H3,(H,15,16)(H,17,18).